The number of aromatic nitrogens is 1. The van der Waals surface area contributed by atoms with Crippen LogP contribution in [0.4, 0.5) is 4.79 Å². The fourth-order valence-electron chi connectivity index (χ4n) is 6.84. The maximum atomic E-state index is 14.3. The molecule has 12 heteroatoms. The summed E-state index contributed by atoms with van der Waals surface area (Å²) < 4.78 is 23.0. The summed E-state index contributed by atoms with van der Waals surface area (Å²) in [7, 11) is 1.59. The first kappa shape index (κ1) is 39.1. The van der Waals surface area contributed by atoms with Crippen LogP contribution in [0, 0.1) is 17.8 Å². The van der Waals surface area contributed by atoms with Gasteiger partial charge in [-0.1, -0.05) is 55.8 Å². The fourth-order valence-corrected chi connectivity index (χ4v) is 6.84. The molecule has 0 bridgehead atoms. The molecule has 2 N–H and O–H groups in total. The minimum absolute atomic E-state index is 0.128. The summed E-state index contributed by atoms with van der Waals surface area (Å²) in [6, 6.07) is 17.1. The van der Waals surface area contributed by atoms with Gasteiger partial charge >= 0.3 is 12.1 Å². The van der Waals surface area contributed by atoms with Gasteiger partial charge in [0.1, 0.15) is 28.7 Å². The third-order valence-corrected chi connectivity index (χ3v) is 9.55. The minimum atomic E-state index is -1.21. The van der Waals surface area contributed by atoms with Crippen molar-refractivity contribution < 1.29 is 38.1 Å². The molecule has 0 radical (unpaired) electrons. The Labute approximate surface area is 311 Å². The number of hydrogen-bond acceptors (Lipinski definition) is 9. The van der Waals surface area contributed by atoms with Gasteiger partial charge in [0.05, 0.1) is 36.8 Å². The number of nitrogens with one attached hydrogen (secondary N) is 2. The number of unbranched alkanes of at least 4 members (excludes halogenated alkanes) is 1. The van der Waals surface area contributed by atoms with E-state index in [0.29, 0.717) is 29.1 Å². The van der Waals surface area contributed by atoms with Gasteiger partial charge < -0.3 is 24.3 Å². The standard InChI is InChI=1S/C41H52N4O8/c1-8-11-13-18-27-25-41(27,38(48)51-10-3)43-36(46)31-21-29(22-32(31)37(47)45(9-2)44-39(49)53-40(4,5)6)52-35-24-33(26-16-14-12-15-17-26)42-34-23-28(50-7)19-20-30(34)35/h12-20,23-24,27,29,31-32H,8-11,21-22,25H2,1-7H3,(H,43,46)(H,44,49)/b18-13-/t27-,29-,31-,32-,41-/m1/s1. The molecular weight excluding hydrogens is 676 g/mol. The molecule has 2 aliphatic rings. The summed E-state index contributed by atoms with van der Waals surface area (Å²) in [6.45, 7) is 11.0. The number of esters is 1. The van der Waals surface area contributed by atoms with Crippen LogP contribution in [0.25, 0.3) is 22.2 Å². The van der Waals surface area contributed by atoms with Gasteiger partial charge in [-0.25, -0.2) is 20.0 Å². The molecule has 2 aliphatic carbocycles. The number of hydrazine groups is 1. The first-order chi connectivity index (χ1) is 25.3. The first-order valence-corrected chi connectivity index (χ1v) is 18.5. The van der Waals surface area contributed by atoms with Crippen molar-refractivity contribution in [3.63, 3.8) is 0 Å². The van der Waals surface area contributed by atoms with Crippen molar-refractivity contribution in [3.05, 3.63) is 66.7 Å². The van der Waals surface area contributed by atoms with Crippen LogP contribution < -0.4 is 20.2 Å². The number of nitrogens with zero attached hydrogens (tertiary/aromatic N) is 2. The zero-order chi connectivity index (χ0) is 38.3. The second-order valence-corrected chi connectivity index (χ2v) is 14.6. The van der Waals surface area contributed by atoms with E-state index in [-0.39, 0.29) is 31.9 Å². The Bertz CT molecular complexity index is 1820. The summed E-state index contributed by atoms with van der Waals surface area (Å²) in [6.07, 6.45) is 5.18. The van der Waals surface area contributed by atoms with Crippen LogP contribution in [0.5, 0.6) is 11.5 Å². The summed E-state index contributed by atoms with van der Waals surface area (Å²) in [5.74, 6) is -2.21. The van der Waals surface area contributed by atoms with Crippen LogP contribution >= 0.6 is 0 Å². The van der Waals surface area contributed by atoms with Crippen molar-refractivity contribution >= 4 is 34.8 Å². The number of allylic oxidation sites excluding steroid dienone is 1. The van der Waals surface area contributed by atoms with Gasteiger partial charge in [0.25, 0.3) is 0 Å². The lowest BCUT2D eigenvalue weighted by Gasteiger charge is -2.29. The number of carbonyl (C=O) groups excluding carboxylic acids is 4. The molecule has 53 heavy (non-hydrogen) atoms. The van der Waals surface area contributed by atoms with E-state index in [1.807, 2.05) is 66.7 Å². The van der Waals surface area contributed by atoms with E-state index in [0.717, 1.165) is 23.8 Å². The Kier molecular flexibility index (Phi) is 12.3. The maximum absolute atomic E-state index is 14.3. The van der Waals surface area contributed by atoms with E-state index in [1.54, 1.807) is 41.7 Å². The third-order valence-electron chi connectivity index (χ3n) is 9.55. The zero-order valence-electron chi connectivity index (χ0n) is 31.8. The predicted octanol–water partition coefficient (Wildman–Crippen LogP) is 6.77. The Hall–Kier alpha value is -5.13. The van der Waals surface area contributed by atoms with Gasteiger partial charge in [-0.15, -0.1) is 0 Å². The van der Waals surface area contributed by atoms with E-state index in [4.69, 9.17) is 23.9 Å². The van der Waals surface area contributed by atoms with Crippen LogP contribution in [0.3, 0.4) is 0 Å². The Morgan fingerprint density at radius 2 is 1.74 bits per heavy atom. The number of carbonyl (C=O) groups is 4. The SMILES string of the molecule is CCC/C=C\[C@@H]1C[C@]1(NC(=O)[C@@H]1C[C@@H](Oc2cc(-c3ccccc3)nc3cc(OC)ccc23)C[C@H]1C(=O)N(CC)NC(=O)OC(C)(C)C)C(=O)OCC. The van der Waals surface area contributed by atoms with Gasteiger partial charge in [-0.05, 0) is 72.4 Å². The average molecular weight is 729 g/mol. The highest BCUT2D eigenvalue weighted by atomic mass is 16.6. The molecule has 0 aliphatic heterocycles. The zero-order valence-corrected chi connectivity index (χ0v) is 31.8. The second-order valence-electron chi connectivity index (χ2n) is 14.6. The first-order valence-electron chi connectivity index (χ1n) is 18.5. The van der Waals surface area contributed by atoms with Gasteiger partial charge in [-0.2, -0.15) is 0 Å². The second kappa shape index (κ2) is 16.7. The van der Waals surface area contributed by atoms with Gasteiger partial charge in [0.2, 0.25) is 11.8 Å². The number of hydrogen-bond donors (Lipinski definition) is 2. The number of rotatable bonds is 13. The molecule has 0 unspecified atom stereocenters. The van der Waals surface area contributed by atoms with Gasteiger partial charge in [-0.3, -0.25) is 14.6 Å². The summed E-state index contributed by atoms with van der Waals surface area (Å²) in [5.41, 5.74) is 2.80. The number of pyridine rings is 1. The average Bonchev–Trinajstić information content (AvgIpc) is 3.66. The number of ether oxygens (including phenoxy) is 4. The van der Waals surface area contributed by atoms with E-state index >= 15 is 0 Å². The molecular formula is C41H52N4O8. The lowest BCUT2D eigenvalue weighted by atomic mass is 9.93. The Morgan fingerprint density at radius 1 is 1.00 bits per heavy atom. The summed E-state index contributed by atoms with van der Waals surface area (Å²) >= 11 is 0. The Morgan fingerprint density at radius 3 is 2.40 bits per heavy atom. The van der Waals surface area contributed by atoms with Gasteiger partial charge in [0, 0.05) is 35.5 Å². The normalized spacial score (nSPS) is 22.2. The Balaban J connectivity index is 1.48. The fraction of sp³-hybridized carbons (Fsp3) is 0.488. The van der Waals surface area contributed by atoms with Crippen LogP contribution in [-0.4, -0.2) is 71.4 Å². The summed E-state index contributed by atoms with van der Waals surface area (Å²) in [4.78, 5) is 59.6. The van der Waals surface area contributed by atoms with Gasteiger partial charge in [0.15, 0.2) is 0 Å². The van der Waals surface area contributed by atoms with E-state index in [9.17, 15) is 19.2 Å². The molecule has 0 spiro atoms. The molecule has 5 rings (SSSR count). The van der Waals surface area contributed by atoms with E-state index < -0.39 is 53.0 Å². The monoisotopic (exact) mass is 728 g/mol. The van der Waals surface area contributed by atoms with Crippen LogP contribution in [-0.2, 0) is 23.9 Å². The van der Waals surface area contributed by atoms with E-state index in [1.165, 1.54) is 5.01 Å². The summed E-state index contributed by atoms with van der Waals surface area (Å²) in [5, 5.41) is 4.93. The molecule has 3 amide bonds. The molecule has 12 nitrogen and oxygen atoms in total. The predicted molar refractivity (Wildman–Crippen MR) is 201 cm³/mol. The molecule has 1 aromatic heterocycles. The van der Waals surface area contributed by atoms with Crippen molar-refractivity contribution in [3.8, 4) is 22.8 Å². The van der Waals surface area contributed by atoms with Crippen molar-refractivity contribution in [1.82, 2.24) is 20.7 Å². The molecule has 2 aromatic carbocycles. The minimum Gasteiger partial charge on any atom is -0.497 e. The highest BCUT2D eigenvalue weighted by Crippen LogP contribution is 2.47. The highest BCUT2D eigenvalue weighted by Gasteiger charge is 2.62. The van der Waals surface area contributed by atoms with E-state index in [2.05, 4.69) is 17.7 Å². The number of amides is 3. The number of fused-ring (bicyclic) bond motifs is 1. The largest absolute Gasteiger partial charge is 0.497 e. The smallest absolute Gasteiger partial charge is 0.426 e. The van der Waals surface area contributed by atoms with Crippen molar-refractivity contribution in [2.24, 2.45) is 17.8 Å². The maximum Gasteiger partial charge on any atom is 0.426 e. The lowest BCUT2D eigenvalue weighted by Crippen LogP contribution is -2.53. The molecule has 3 aromatic rings. The topological polar surface area (TPSA) is 145 Å². The van der Waals surface area contributed by atoms with Crippen molar-refractivity contribution in [2.45, 2.75) is 90.9 Å². The molecule has 2 saturated carbocycles. The molecule has 2 fully saturated rings. The third kappa shape index (κ3) is 9.27. The van der Waals surface area contributed by atoms with Crippen molar-refractivity contribution in [2.75, 3.05) is 20.3 Å². The van der Waals surface area contributed by atoms with Crippen LogP contribution in [0.1, 0.15) is 73.6 Å². The number of benzene rings is 2. The van der Waals surface area contributed by atoms with Crippen LogP contribution in [0.2, 0.25) is 0 Å². The molecule has 1 heterocycles. The molecule has 284 valence electrons. The molecule has 0 saturated heterocycles. The number of methoxy groups -OCH3 is 1. The van der Waals surface area contributed by atoms with Crippen LogP contribution in [0.15, 0.2) is 66.7 Å². The molecule has 5 atom stereocenters. The quantitative estimate of drug-likeness (QED) is 0.111. The lowest BCUT2D eigenvalue weighted by molar-refractivity contribution is -0.150. The highest BCUT2D eigenvalue weighted by molar-refractivity contribution is 5.95. The van der Waals surface area contributed by atoms with Crippen molar-refractivity contribution in [1.29, 1.82) is 0 Å².